The van der Waals surface area contributed by atoms with E-state index in [1.807, 2.05) is 6.92 Å². The summed E-state index contributed by atoms with van der Waals surface area (Å²) in [5, 5.41) is 9.17. The van der Waals surface area contributed by atoms with Crippen molar-refractivity contribution in [3.63, 3.8) is 0 Å². The zero-order chi connectivity index (χ0) is 14.3. The van der Waals surface area contributed by atoms with Crippen LogP contribution in [0.15, 0.2) is 41.6 Å². The number of Topliss-reactive ketones (excluding diaryl/α,β-unsaturated/α-hetero) is 1. The second kappa shape index (κ2) is 7.36. The molecule has 1 aromatic carbocycles. The Labute approximate surface area is 112 Å². The molecular formula is C15H19NO3. The molecule has 4 nitrogen and oxygen atoms in total. The summed E-state index contributed by atoms with van der Waals surface area (Å²) in [5.74, 6) is -1.79. The molecule has 0 aliphatic rings. The van der Waals surface area contributed by atoms with Gasteiger partial charge in [-0.05, 0) is 12.8 Å². The number of aliphatic carboxylic acids is 1. The van der Waals surface area contributed by atoms with Crippen molar-refractivity contribution < 1.29 is 14.7 Å². The predicted octanol–water partition coefficient (Wildman–Crippen LogP) is 2.75. The molecule has 0 saturated carbocycles. The summed E-state index contributed by atoms with van der Waals surface area (Å²) >= 11 is 0. The van der Waals surface area contributed by atoms with Crippen LogP contribution in [0, 0.1) is 0 Å². The largest absolute Gasteiger partial charge is 0.477 e. The van der Waals surface area contributed by atoms with E-state index in [1.165, 1.54) is 0 Å². The minimum Gasteiger partial charge on any atom is -0.477 e. The second-order valence-electron chi connectivity index (χ2n) is 4.36. The average molecular weight is 261 g/mol. The Hall–Kier alpha value is -2.10. The number of allylic oxidation sites excluding steroid dienone is 1. The van der Waals surface area contributed by atoms with Gasteiger partial charge in [-0.2, -0.15) is 0 Å². The number of carboxylic acid groups (broad SMARTS) is 1. The Morgan fingerprint density at radius 3 is 2.32 bits per heavy atom. The maximum atomic E-state index is 12.1. The van der Waals surface area contributed by atoms with Crippen LogP contribution < -0.4 is 5.73 Å². The lowest BCUT2D eigenvalue weighted by Crippen LogP contribution is -2.19. The van der Waals surface area contributed by atoms with E-state index in [-0.39, 0.29) is 11.3 Å². The number of carboxylic acids is 1. The molecule has 0 spiro atoms. The molecule has 0 fully saturated rings. The van der Waals surface area contributed by atoms with Gasteiger partial charge in [0.15, 0.2) is 0 Å². The number of hydrogen-bond acceptors (Lipinski definition) is 3. The number of rotatable bonds is 7. The Morgan fingerprint density at radius 2 is 1.79 bits per heavy atom. The van der Waals surface area contributed by atoms with Crippen LogP contribution >= 0.6 is 0 Å². The van der Waals surface area contributed by atoms with Crippen LogP contribution in [0.4, 0.5) is 0 Å². The first-order valence-corrected chi connectivity index (χ1v) is 6.39. The molecule has 4 heteroatoms. The van der Waals surface area contributed by atoms with Crippen LogP contribution in [-0.4, -0.2) is 16.9 Å². The Balaban J connectivity index is 2.97. The first kappa shape index (κ1) is 15.0. The molecule has 0 aliphatic heterocycles. The predicted molar refractivity (Wildman–Crippen MR) is 73.8 cm³/mol. The van der Waals surface area contributed by atoms with Crippen molar-refractivity contribution >= 4 is 11.8 Å². The van der Waals surface area contributed by atoms with Crippen molar-refractivity contribution in [1.82, 2.24) is 0 Å². The minimum atomic E-state index is -1.26. The van der Waals surface area contributed by atoms with E-state index in [1.54, 1.807) is 30.3 Å². The monoisotopic (exact) mass is 261 g/mol. The van der Waals surface area contributed by atoms with Crippen LogP contribution in [0.1, 0.15) is 43.0 Å². The highest BCUT2D eigenvalue weighted by atomic mass is 16.4. The molecule has 0 aromatic heterocycles. The van der Waals surface area contributed by atoms with Gasteiger partial charge < -0.3 is 10.8 Å². The Kier molecular flexibility index (Phi) is 5.79. The van der Waals surface area contributed by atoms with Gasteiger partial charge in [0.1, 0.15) is 5.57 Å². The molecule has 0 radical (unpaired) electrons. The molecule has 0 bridgehead atoms. The molecule has 102 valence electrons. The van der Waals surface area contributed by atoms with Crippen LogP contribution in [0.25, 0.3) is 0 Å². The third-order valence-electron chi connectivity index (χ3n) is 2.85. The Bertz CT molecular complexity index is 477. The summed E-state index contributed by atoms with van der Waals surface area (Å²) in [4.78, 5) is 23.4. The van der Waals surface area contributed by atoms with Crippen LogP contribution in [0.2, 0.25) is 0 Å². The summed E-state index contributed by atoms with van der Waals surface area (Å²) in [5.41, 5.74) is 5.98. The van der Waals surface area contributed by atoms with E-state index in [0.717, 1.165) is 19.3 Å². The minimum absolute atomic E-state index is 0.162. The summed E-state index contributed by atoms with van der Waals surface area (Å²) in [6.45, 7) is 2.05. The van der Waals surface area contributed by atoms with Gasteiger partial charge in [-0.1, -0.05) is 50.1 Å². The third-order valence-corrected chi connectivity index (χ3v) is 2.85. The first-order chi connectivity index (χ1) is 9.07. The molecule has 19 heavy (non-hydrogen) atoms. The van der Waals surface area contributed by atoms with Crippen LogP contribution in [-0.2, 0) is 4.79 Å². The molecule has 0 atom stereocenters. The molecule has 0 unspecified atom stereocenters. The molecule has 0 aliphatic carbocycles. The number of benzene rings is 1. The standard InChI is InChI=1S/C15H19NO3/c1-2-3-5-10-12(16)13(15(18)19)14(17)11-8-6-4-7-9-11/h4,6-9H,2-3,5,10,16H2,1H3,(H,18,19). The van der Waals surface area contributed by atoms with E-state index in [9.17, 15) is 14.7 Å². The highest BCUT2D eigenvalue weighted by Crippen LogP contribution is 2.15. The van der Waals surface area contributed by atoms with Gasteiger partial charge in [-0.25, -0.2) is 4.79 Å². The topological polar surface area (TPSA) is 80.4 Å². The molecule has 1 rings (SSSR count). The molecule has 1 aromatic rings. The zero-order valence-corrected chi connectivity index (χ0v) is 11.1. The molecule has 0 saturated heterocycles. The number of carbonyl (C=O) groups is 2. The van der Waals surface area contributed by atoms with Crippen molar-refractivity contribution in [2.24, 2.45) is 5.73 Å². The molecule has 3 N–H and O–H groups in total. The van der Waals surface area contributed by atoms with E-state index in [2.05, 4.69) is 0 Å². The maximum absolute atomic E-state index is 12.1. The average Bonchev–Trinajstić information content (AvgIpc) is 2.39. The van der Waals surface area contributed by atoms with Crippen molar-refractivity contribution in [1.29, 1.82) is 0 Å². The number of hydrogen-bond donors (Lipinski definition) is 2. The molecule has 0 heterocycles. The van der Waals surface area contributed by atoms with Crippen LogP contribution in [0.3, 0.4) is 0 Å². The fourth-order valence-corrected chi connectivity index (χ4v) is 1.80. The zero-order valence-electron chi connectivity index (χ0n) is 11.1. The van der Waals surface area contributed by atoms with Crippen molar-refractivity contribution in [2.45, 2.75) is 32.6 Å². The highest BCUT2D eigenvalue weighted by molar-refractivity contribution is 6.24. The molecular weight excluding hydrogens is 242 g/mol. The van der Waals surface area contributed by atoms with Gasteiger partial charge in [-0.15, -0.1) is 0 Å². The lowest BCUT2D eigenvalue weighted by Gasteiger charge is -2.07. The number of carbonyl (C=O) groups excluding carboxylic acids is 1. The summed E-state index contributed by atoms with van der Waals surface area (Å²) in [6.07, 6.45) is 3.21. The Morgan fingerprint density at radius 1 is 1.16 bits per heavy atom. The number of nitrogens with two attached hydrogens (primary N) is 1. The summed E-state index contributed by atoms with van der Waals surface area (Å²) in [7, 11) is 0. The third kappa shape index (κ3) is 4.25. The fourth-order valence-electron chi connectivity index (χ4n) is 1.80. The first-order valence-electron chi connectivity index (χ1n) is 6.39. The van der Waals surface area contributed by atoms with Gasteiger partial charge in [0.2, 0.25) is 5.78 Å². The van der Waals surface area contributed by atoms with Crippen molar-refractivity contribution in [2.75, 3.05) is 0 Å². The fraction of sp³-hybridized carbons (Fsp3) is 0.333. The SMILES string of the molecule is CCCCCC(N)=C(C(=O)O)C(=O)c1ccccc1. The van der Waals surface area contributed by atoms with Gasteiger partial charge in [0.05, 0.1) is 0 Å². The second-order valence-corrected chi connectivity index (χ2v) is 4.36. The lowest BCUT2D eigenvalue weighted by molar-refractivity contribution is -0.132. The van der Waals surface area contributed by atoms with Crippen molar-refractivity contribution in [3.8, 4) is 0 Å². The number of unbranched alkanes of at least 4 members (excludes halogenated alkanes) is 2. The van der Waals surface area contributed by atoms with Gasteiger partial charge >= 0.3 is 5.97 Å². The smallest absolute Gasteiger partial charge is 0.341 e. The quantitative estimate of drug-likeness (QED) is 0.260. The maximum Gasteiger partial charge on any atom is 0.341 e. The number of ketones is 1. The van der Waals surface area contributed by atoms with Gasteiger partial charge in [-0.3, -0.25) is 4.79 Å². The summed E-state index contributed by atoms with van der Waals surface area (Å²) in [6, 6.07) is 8.33. The van der Waals surface area contributed by atoms with Gasteiger partial charge in [0.25, 0.3) is 0 Å². The normalized spacial score (nSPS) is 11.8. The lowest BCUT2D eigenvalue weighted by atomic mass is 9.99. The van der Waals surface area contributed by atoms with E-state index >= 15 is 0 Å². The highest BCUT2D eigenvalue weighted by Gasteiger charge is 2.22. The van der Waals surface area contributed by atoms with E-state index in [4.69, 9.17) is 5.73 Å². The van der Waals surface area contributed by atoms with Crippen LogP contribution in [0.5, 0.6) is 0 Å². The van der Waals surface area contributed by atoms with E-state index in [0.29, 0.717) is 12.0 Å². The summed E-state index contributed by atoms with van der Waals surface area (Å²) < 4.78 is 0. The van der Waals surface area contributed by atoms with Gasteiger partial charge in [0, 0.05) is 11.3 Å². The van der Waals surface area contributed by atoms with Crippen molar-refractivity contribution in [3.05, 3.63) is 47.2 Å². The molecule has 0 amide bonds. The van der Waals surface area contributed by atoms with E-state index < -0.39 is 11.8 Å².